The molecule has 26 heavy (non-hydrogen) atoms. The van der Waals surface area contributed by atoms with Crippen molar-refractivity contribution in [3.8, 4) is 17.2 Å². The van der Waals surface area contributed by atoms with E-state index in [1.807, 2.05) is 0 Å². The molecule has 2 aromatic rings. The number of rotatable bonds is 6. The average molecular weight is 369 g/mol. The summed E-state index contributed by atoms with van der Waals surface area (Å²) in [7, 11) is 4.36. The molecule has 0 unspecified atom stereocenters. The van der Waals surface area contributed by atoms with Crippen LogP contribution in [0.3, 0.4) is 0 Å². The Kier molecular flexibility index (Phi) is 5.97. The van der Waals surface area contributed by atoms with E-state index >= 15 is 0 Å². The summed E-state index contributed by atoms with van der Waals surface area (Å²) in [5.41, 5.74) is 0.464. The lowest BCUT2D eigenvalue weighted by molar-refractivity contribution is -0.275. The maximum absolute atomic E-state index is 12.7. The van der Waals surface area contributed by atoms with Crippen molar-refractivity contribution >= 4 is 5.91 Å². The molecule has 2 aromatic carbocycles. The summed E-state index contributed by atoms with van der Waals surface area (Å²) in [5.74, 6) is 0.0191. The van der Waals surface area contributed by atoms with Gasteiger partial charge in [0.15, 0.2) is 0 Å². The fourth-order valence-electron chi connectivity index (χ4n) is 2.37. The van der Waals surface area contributed by atoms with Crippen LogP contribution in [0.2, 0.25) is 0 Å². The highest BCUT2D eigenvalue weighted by atomic mass is 19.4. The highest BCUT2D eigenvalue weighted by Gasteiger charge is 2.32. The molecule has 0 radical (unpaired) electrons. The molecule has 0 saturated heterocycles. The zero-order valence-electron chi connectivity index (χ0n) is 14.5. The van der Waals surface area contributed by atoms with Crippen molar-refractivity contribution in [1.29, 1.82) is 0 Å². The zero-order valence-corrected chi connectivity index (χ0v) is 14.5. The highest BCUT2D eigenvalue weighted by Crippen LogP contribution is 2.29. The number of hydrogen-bond acceptors (Lipinski definition) is 4. The highest BCUT2D eigenvalue weighted by molar-refractivity contribution is 5.97. The van der Waals surface area contributed by atoms with E-state index in [0.29, 0.717) is 11.5 Å². The number of methoxy groups -OCH3 is 2. The molecule has 0 aromatic heterocycles. The summed E-state index contributed by atoms with van der Waals surface area (Å²) in [6.45, 7) is -0.0779. The molecular formula is C18H18F3NO4. The lowest BCUT2D eigenvalue weighted by Gasteiger charge is -2.21. The Balaban J connectivity index is 2.26. The van der Waals surface area contributed by atoms with E-state index in [1.165, 1.54) is 50.4 Å². The number of amides is 1. The first-order valence-corrected chi connectivity index (χ1v) is 7.56. The molecule has 0 saturated carbocycles. The van der Waals surface area contributed by atoms with E-state index in [9.17, 15) is 18.0 Å². The van der Waals surface area contributed by atoms with Gasteiger partial charge in [-0.3, -0.25) is 4.79 Å². The number of halogens is 3. The van der Waals surface area contributed by atoms with Crippen molar-refractivity contribution in [3.63, 3.8) is 0 Å². The number of alkyl halides is 3. The second-order valence-electron chi connectivity index (χ2n) is 5.38. The Labute approximate surface area is 148 Å². The molecule has 1 amide bonds. The predicted octanol–water partition coefficient (Wildman–Crippen LogP) is 3.87. The Morgan fingerprint density at radius 2 is 1.73 bits per heavy atom. The number of benzene rings is 2. The van der Waals surface area contributed by atoms with Crippen LogP contribution < -0.4 is 14.2 Å². The van der Waals surface area contributed by atoms with Crippen LogP contribution in [-0.2, 0) is 6.54 Å². The van der Waals surface area contributed by atoms with Crippen molar-refractivity contribution in [2.45, 2.75) is 12.9 Å². The first-order chi connectivity index (χ1) is 12.2. The molecule has 0 aliphatic carbocycles. The smallest absolute Gasteiger partial charge is 0.497 e. The fourth-order valence-corrected chi connectivity index (χ4v) is 2.37. The number of carbonyl (C=O) groups is 1. The lowest BCUT2D eigenvalue weighted by atomic mass is 10.1. The number of ether oxygens (including phenoxy) is 3. The van der Waals surface area contributed by atoms with E-state index in [1.54, 1.807) is 18.2 Å². The van der Waals surface area contributed by atoms with Crippen LogP contribution in [0.15, 0.2) is 42.5 Å². The van der Waals surface area contributed by atoms with Gasteiger partial charge in [-0.2, -0.15) is 0 Å². The summed E-state index contributed by atoms with van der Waals surface area (Å²) in [4.78, 5) is 14.0. The summed E-state index contributed by atoms with van der Waals surface area (Å²) < 4.78 is 51.9. The van der Waals surface area contributed by atoms with Crippen LogP contribution in [0.5, 0.6) is 17.2 Å². The molecule has 2 rings (SSSR count). The molecule has 0 spiro atoms. The molecule has 0 fully saturated rings. The van der Waals surface area contributed by atoms with Gasteiger partial charge in [0.1, 0.15) is 17.2 Å². The van der Waals surface area contributed by atoms with Gasteiger partial charge in [-0.15, -0.1) is 13.2 Å². The minimum absolute atomic E-state index is 0.0779. The monoisotopic (exact) mass is 369 g/mol. The van der Waals surface area contributed by atoms with Gasteiger partial charge in [0.2, 0.25) is 0 Å². The van der Waals surface area contributed by atoms with Gasteiger partial charge in [0.25, 0.3) is 5.91 Å². The van der Waals surface area contributed by atoms with E-state index in [4.69, 9.17) is 9.47 Å². The quantitative estimate of drug-likeness (QED) is 0.776. The molecule has 0 aliphatic heterocycles. The molecular weight excluding hydrogens is 351 g/mol. The Hall–Kier alpha value is -2.90. The third-order valence-corrected chi connectivity index (χ3v) is 3.59. The molecule has 0 heterocycles. The van der Waals surface area contributed by atoms with Gasteiger partial charge in [-0.05, 0) is 24.3 Å². The Bertz CT molecular complexity index is 777. The molecule has 5 nitrogen and oxygen atoms in total. The van der Waals surface area contributed by atoms with Gasteiger partial charge in [-0.25, -0.2) is 0 Å². The molecule has 140 valence electrons. The SMILES string of the molecule is COc1ccc(OC)c(C(=O)N(C)Cc2ccccc2OC(F)(F)F)c1. The maximum Gasteiger partial charge on any atom is 0.573 e. The van der Waals surface area contributed by atoms with Crippen LogP contribution in [0.25, 0.3) is 0 Å². The summed E-state index contributed by atoms with van der Waals surface area (Å²) in [6, 6.07) is 10.4. The zero-order chi connectivity index (χ0) is 19.3. The number of para-hydroxylation sites is 1. The van der Waals surface area contributed by atoms with Crippen LogP contribution in [-0.4, -0.2) is 38.4 Å². The second-order valence-corrected chi connectivity index (χ2v) is 5.38. The van der Waals surface area contributed by atoms with E-state index in [0.717, 1.165) is 0 Å². The van der Waals surface area contributed by atoms with Gasteiger partial charge in [0.05, 0.1) is 19.8 Å². The third kappa shape index (κ3) is 4.81. The van der Waals surface area contributed by atoms with Crippen LogP contribution in [0.4, 0.5) is 13.2 Å². The third-order valence-electron chi connectivity index (χ3n) is 3.59. The second kappa shape index (κ2) is 7.99. The first kappa shape index (κ1) is 19.4. The minimum atomic E-state index is -4.81. The van der Waals surface area contributed by atoms with E-state index in [-0.39, 0.29) is 23.4 Å². The van der Waals surface area contributed by atoms with Crippen molar-refractivity contribution in [2.24, 2.45) is 0 Å². The maximum atomic E-state index is 12.7. The first-order valence-electron chi connectivity index (χ1n) is 7.56. The minimum Gasteiger partial charge on any atom is -0.497 e. The molecule has 8 heteroatoms. The van der Waals surface area contributed by atoms with Gasteiger partial charge in [-0.1, -0.05) is 18.2 Å². The normalized spacial score (nSPS) is 11.0. The topological polar surface area (TPSA) is 48.0 Å². The van der Waals surface area contributed by atoms with E-state index in [2.05, 4.69) is 4.74 Å². The average Bonchev–Trinajstić information content (AvgIpc) is 2.60. The molecule has 0 atom stereocenters. The predicted molar refractivity (Wildman–Crippen MR) is 88.5 cm³/mol. The molecule has 0 N–H and O–H groups in total. The van der Waals surface area contributed by atoms with Crippen LogP contribution in [0, 0.1) is 0 Å². The van der Waals surface area contributed by atoms with Crippen molar-refractivity contribution in [2.75, 3.05) is 21.3 Å². The number of hydrogen-bond donors (Lipinski definition) is 0. The van der Waals surface area contributed by atoms with Crippen molar-refractivity contribution in [1.82, 2.24) is 4.90 Å². The number of carbonyl (C=O) groups excluding carboxylic acids is 1. The molecule has 0 aliphatic rings. The number of nitrogens with zero attached hydrogens (tertiary/aromatic N) is 1. The largest absolute Gasteiger partial charge is 0.573 e. The van der Waals surface area contributed by atoms with Gasteiger partial charge >= 0.3 is 6.36 Å². The summed E-state index contributed by atoms with van der Waals surface area (Å²) >= 11 is 0. The van der Waals surface area contributed by atoms with Crippen LogP contribution in [0.1, 0.15) is 15.9 Å². The fraction of sp³-hybridized carbons (Fsp3) is 0.278. The standard InChI is InChI=1S/C18H18F3NO4/c1-22(11-12-6-4-5-7-15(12)26-18(19,20)21)17(23)14-10-13(24-2)8-9-16(14)25-3/h4-10H,11H2,1-3H3. The van der Waals surface area contributed by atoms with Crippen LogP contribution >= 0.6 is 0 Å². The van der Waals surface area contributed by atoms with E-state index < -0.39 is 12.3 Å². The Morgan fingerprint density at radius 1 is 1.04 bits per heavy atom. The lowest BCUT2D eigenvalue weighted by Crippen LogP contribution is -2.27. The Morgan fingerprint density at radius 3 is 2.35 bits per heavy atom. The summed E-state index contributed by atoms with van der Waals surface area (Å²) in [6.07, 6.45) is -4.81. The molecule has 0 bridgehead atoms. The van der Waals surface area contributed by atoms with Crippen molar-refractivity contribution in [3.05, 3.63) is 53.6 Å². The summed E-state index contributed by atoms with van der Waals surface area (Å²) in [5, 5.41) is 0. The van der Waals surface area contributed by atoms with Gasteiger partial charge in [0, 0.05) is 19.2 Å². The van der Waals surface area contributed by atoms with Crippen molar-refractivity contribution < 1.29 is 32.2 Å². The van der Waals surface area contributed by atoms with Gasteiger partial charge < -0.3 is 19.1 Å².